The fourth-order valence-electron chi connectivity index (χ4n) is 3.81. The van der Waals surface area contributed by atoms with Crippen molar-refractivity contribution in [3.63, 3.8) is 0 Å². The molecule has 18 heavy (non-hydrogen) atoms. The summed E-state index contributed by atoms with van der Waals surface area (Å²) in [6.45, 7) is 6.73. The lowest BCUT2D eigenvalue weighted by atomic mass is 9.84. The molecule has 1 nitrogen and oxygen atoms in total. The van der Waals surface area contributed by atoms with E-state index in [9.17, 15) is 5.11 Å². The molecule has 3 rings (SSSR count). The van der Waals surface area contributed by atoms with E-state index in [1.165, 1.54) is 35.4 Å². The van der Waals surface area contributed by atoms with Gasteiger partial charge in [-0.3, -0.25) is 0 Å². The predicted molar refractivity (Wildman–Crippen MR) is 76.9 cm³/mol. The van der Waals surface area contributed by atoms with Gasteiger partial charge in [-0.1, -0.05) is 27.2 Å². The van der Waals surface area contributed by atoms with Crippen molar-refractivity contribution in [2.24, 2.45) is 17.8 Å². The van der Waals surface area contributed by atoms with Gasteiger partial charge in [-0.25, -0.2) is 0 Å². The van der Waals surface area contributed by atoms with Crippen LogP contribution in [-0.4, -0.2) is 5.11 Å². The van der Waals surface area contributed by atoms with E-state index >= 15 is 0 Å². The molecule has 2 aliphatic carbocycles. The maximum Gasteiger partial charge on any atom is 0.0912 e. The first kappa shape index (κ1) is 12.7. The van der Waals surface area contributed by atoms with E-state index in [-0.39, 0.29) is 11.5 Å². The highest BCUT2D eigenvalue weighted by atomic mass is 32.1. The van der Waals surface area contributed by atoms with Crippen molar-refractivity contribution >= 4 is 11.3 Å². The topological polar surface area (TPSA) is 20.2 Å². The average molecular weight is 264 g/mol. The van der Waals surface area contributed by atoms with Crippen LogP contribution in [0.1, 0.15) is 62.3 Å². The van der Waals surface area contributed by atoms with E-state index < -0.39 is 0 Å². The Morgan fingerprint density at radius 2 is 2.00 bits per heavy atom. The van der Waals surface area contributed by atoms with Crippen molar-refractivity contribution in [1.29, 1.82) is 0 Å². The number of fused-ring (bicyclic) bond motifs is 2. The van der Waals surface area contributed by atoms with Crippen molar-refractivity contribution in [1.82, 2.24) is 0 Å². The smallest absolute Gasteiger partial charge is 0.0912 e. The summed E-state index contributed by atoms with van der Waals surface area (Å²) in [6, 6.07) is 4.36. The predicted octanol–water partition coefficient (Wildman–Crippen LogP) is 4.52. The van der Waals surface area contributed by atoms with Crippen LogP contribution in [0.3, 0.4) is 0 Å². The number of rotatable bonds is 2. The molecule has 2 fully saturated rings. The fourth-order valence-corrected chi connectivity index (χ4v) is 4.93. The molecule has 0 radical (unpaired) electrons. The van der Waals surface area contributed by atoms with Gasteiger partial charge in [0.05, 0.1) is 6.10 Å². The highest BCUT2D eigenvalue weighted by molar-refractivity contribution is 7.12. The monoisotopic (exact) mass is 264 g/mol. The van der Waals surface area contributed by atoms with Gasteiger partial charge in [0.25, 0.3) is 0 Å². The van der Waals surface area contributed by atoms with Gasteiger partial charge < -0.3 is 5.11 Å². The van der Waals surface area contributed by atoms with Gasteiger partial charge in [-0.05, 0) is 54.6 Å². The average Bonchev–Trinajstić information content (AvgIpc) is 3.02. The molecule has 1 N–H and O–H groups in total. The molecule has 4 unspecified atom stereocenters. The number of aliphatic hydroxyl groups is 1. The number of hydrogen-bond acceptors (Lipinski definition) is 2. The molecule has 0 aromatic carbocycles. The summed E-state index contributed by atoms with van der Waals surface area (Å²) < 4.78 is 0. The molecule has 4 atom stereocenters. The van der Waals surface area contributed by atoms with Crippen molar-refractivity contribution < 1.29 is 5.11 Å². The van der Waals surface area contributed by atoms with Crippen LogP contribution in [-0.2, 0) is 5.41 Å². The summed E-state index contributed by atoms with van der Waals surface area (Å²) in [7, 11) is 0. The minimum atomic E-state index is -0.207. The Morgan fingerprint density at radius 3 is 2.50 bits per heavy atom. The zero-order valence-electron chi connectivity index (χ0n) is 11.6. The Balaban J connectivity index is 1.76. The molecule has 0 amide bonds. The highest BCUT2D eigenvalue weighted by Gasteiger charge is 2.43. The van der Waals surface area contributed by atoms with Gasteiger partial charge in [0.15, 0.2) is 0 Å². The summed E-state index contributed by atoms with van der Waals surface area (Å²) in [4.78, 5) is 2.58. The maximum absolute atomic E-state index is 10.6. The lowest BCUT2D eigenvalue weighted by Crippen LogP contribution is -2.18. The number of aliphatic hydroxyl groups excluding tert-OH is 1. The second-order valence-electron chi connectivity index (χ2n) is 7.24. The van der Waals surface area contributed by atoms with Crippen LogP contribution < -0.4 is 0 Å². The Kier molecular flexibility index (Phi) is 3.06. The third-order valence-electron chi connectivity index (χ3n) is 4.86. The van der Waals surface area contributed by atoms with Crippen molar-refractivity contribution in [3.05, 3.63) is 21.9 Å². The molecule has 2 saturated carbocycles. The molecular formula is C16H24OS. The van der Waals surface area contributed by atoms with Crippen LogP contribution in [0, 0.1) is 17.8 Å². The first-order valence-electron chi connectivity index (χ1n) is 7.23. The van der Waals surface area contributed by atoms with Crippen LogP contribution >= 0.6 is 11.3 Å². The molecular weight excluding hydrogens is 240 g/mol. The molecule has 1 aromatic rings. The quantitative estimate of drug-likeness (QED) is 0.833. The zero-order chi connectivity index (χ0) is 12.9. The minimum absolute atomic E-state index is 0.206. The third kappa shape index (κ3) is 2.14. The first-order valence-corrected chi connectivity index (χ1v) is 8.05. The summed E-state index contributed by atoms with van der Waals surface area (Å²) in [5, 5.41) is 10.6. The maximum atomic E-state index is 10.6. The Morgan fingerprint density at radius 1 is 1.22 bits per heavy atom. The van der Waals surface area contributed by atoms with Gasteiger partial charge in [0.1, 0.15) is 0 Å². The second-order valence-corrected chi connectivity index (χ2v) is 8.35. The lowest BCUT2D eigenvalue weighted by molar-refractivity contribution is 0.0775. The van der Waals surface area contributed by atoms with Gasteiger partial charge in [-0.15, -0.1) is 11.3 Å². The van der Waals surface area contributed by atoms with Crippen LogP contribution in [0.2, 0.25) is 0 Å². The standard InChI is InChI=1S/C16H24OS/c1-16(2,3)14-7-6-13(18-14)15(17)12-9-10-4-5-11(12)8-10/h6-7,10-12,15,17H,4-5,8-9H2,1-3H3. The van der Waals surface area contributed by atoms with Crippen LogP contribution in [0.25, 0.3) is 0 Å². The normalized spacial score (nSPS) is 33.0. The zero-order valence-corrected chi connectivity index (χ0v) is 12.5. The van der Waals surface area contributed by atoms with E-state index in [1.807, 2.05) is 11.3 Å². The lowest BCUT2D eigenvalue weighted by Gasteiger charge is -2.26. The second kappa shape index (κ2) is 4.35. The SMILES string of the molecule is CC(C)(C)c1ccc(C(O)C2CC3CCC2C3)s1. The van der Waals surface area contributed by atoms with Crippen molar-refractivity contribution in [2.75, 3.05) is 0 Å². The van der Waals surface area contributed by atoms with Crippen LogP contribution in [0.15, 0.2) is 12.1 Å². The molecule has 0 saturated heterocycles. The summed E-state index contributed by atoms with van der Waals surface area (Å²) in [5.41, 5.74) is 0.206. The van der Waals surface area contributed by atoms with Gasteiger partial charge in [0.2, 0.25) is 0 Å². The first-order chi connectivity index (χ1) is 8.45. The van der Waals surface area contributed by atoms with Crippen LogP contribution in [0.5, 0.6) is 0 Å². The van der Waals surface area contributed by atoms with E-state index in [4.69, 9.17) is 0 Å². The molecule has 100 valence electrons. The molecule has 2 aliphatic rings. The van der Waals surface area contributed by atoms with E-state index in [0.717, 1.165) is 11.8 Å². The van der Waals surface area contributed by atoms with Crippen molar-refractivity contribution in [2.45, 2.75) is 58.0 Å². The summed E-state index contributed by atoms with van der Waals surface area (Å²) >= 11 is 1.81. The Bertz CT molecular complexity index is 429. The molecule has 2 heteroatoms. The Labute approximate surface area is 114 Å². The number of hydrogen-bond donors (Lipinski definition) is 1. The fraction of sp³-hybridized carbons (Fsp3) is 0.750. The molecule has 0 aliphatic heterocycles. The molecule has 1 heterocycles. The Hall–Kier alpha value is -0.340. The van der Waals surface area contributed by atoms with E-state index in [0.29, 0.717) is 5.92 Å². The van der Waals surface area contributed by atoms with E-state index in [2.05, 4.69) is 32.9 Å². The third-order valence-corrected chi connectivity index (χ3v) is 6.44. The van der Waals surface area contributed by atoms with Crippen LogP contribution in [0.4, 0.5) is 0 Å². The summed E-state index contributed by atoms with van der Waals surface area (Å²) in [5.74, 6) is 2.25. The minimum Gasteiger partial charge on any atom is -0.387 e. The van der Waals surface area contributed by atoms with Crippen molar-refractivity contribution in [3.8, 4) is 0 Å². The highest BCUT2D eigenvalue weighted by Crippen LogP contribution is 2.53. The molecule has 0 spiro atoms. The molecule has 2 bridgehead atoms. The largest absolute Gasteiger partial charge is 0.387 e. The van der Waals surface area contributed by atoms with Gasteiger partial charge in [0, 0.05) is 9.75 Å². The number of thiophene rings is 1. The van der Waals surface area contributed by atoms with E-state index in [1.54, 1.807) is 0 Å². The van der Waals surface area contributed by atoms with Gasteiger partial charge >= 0.3 is 0 Å². The van der Waals surface area contributed by atoms with Gasteiger partial charge in [-0.2, -0.15) is 0 Å². The molecule has 1 aromatic heterocycles. The summed E-state index contributed by atoms with van der Waals surface area (Å²) in [6.07, 6.45) is 5.19.